The van der Waals surface area contributed by atoms with Crippen LogP contribution in [0.3, 0.4) is 0 Å². The predicted octanol–water partition coefficient (Wildman–Crippen LogP) is 6.79. The topological polar surface area (TPSA) is 85.6 Å². The summed E-state index contributed by atoms with van der Waals surface area (Å²) in [6, 6.07) is 7.53. The number of esters is 1. The first-order valence-electron chi connectivity index (χ1n) is 11.9. The van der Waals surface area contributed by atoms with Crippen molar-refractivity contribution in [2.24, 2.45) is 5.92 Å². The van der Waals surface area contributed by atoms with E-state index in [-0.39, 0.29) is 23.5 Å². The van der Waals surface area contributed by atoms with Gasteiger partial charge < -0.3 is 10.1 Å². The Morgan fingerprint density at radius 3 is 2.68 bits per heavy atom. The smallest absolute Gasteiger partial charge is 0.433 e. The lowest BCUT2D eigenvalue weighted by Crippen LogP contribution is -2.17. The number of amides is 1. The third-order valence-corrected chi connectivity index (χ3v) is 8.06. The van der Waals surface area contributed by atoms with Crippen molar-refractivity contribution >= 4 is 49.8 Å². The van der Waals surface area contributed by atoms with Gasteiger partial charge in [0, 0.05) is 14.9 Å². The van der Waals surface area contributed by atoms with Crippen LogP contribution in [0.5, 0.6) is 0 Å². The fourth-order valence-corrected chi connectivity index (χ4v) is 6.18. The molecule has 1 aliphatic carbocycles. The molecule has 12 heteroatoms. The Hall–Kier alpha value is -3.25. The van der Waals surface area contributed by atoms with E-state index in [0.717, 1.165) is 40.0 Å². The van der Waals surface area contributed by atoms with Crippen LogP contribution in [0.1, 0.15) is 57.1 Å². The van der Waals surface area contributed by atoms with Crippen molar-refractivity contribution in [1.82, 2.24) is 14.6 Å². The van der Waals surface area contributed by atoms with Crippen molar-refractivity contribution in [2.45, 2.75) is 39.3 Å². The Kier molecular flexibility index (Phi) is 7.03. The van der Waals surface area contributed by atoms with E-state index in [0.29, 0.717) is 33.0 Å². The molecule has 3 aromatic heterocycles. The molecule has 0 bridgehead atoms. The van der Waals surface area contributed by atoms with E-state index in [9.17, 15) is 22.8 Å². The zero-order chi connectivity index (χ0) is 27.2. The molecule has 0 aliphatic heterocycles. The van der Waals surface area contributed by atoms with Crippen LogP contribution in [0.4, 0.5) is 18.2 Å². The minimum Gasteiger partial charge on any atom is -0.462 e. The summed E-state index contributed by atoms with van der Waals surface area (Å²) in [6.07, 6.45) is -1.34. The molecule has 7 nitrogen and oxygen atoms in total. The normalized spacial score (nSPS) is 15.4. The van der Waals surface area contributed by atoms with E-state index >= 15 is 0 Å². The molecule has 0 radical (unpaired) electrons. The number of halogens is 4. The van der Waals surface area contributed by atoms with Crippen molar-refractivity contribution in [3.63, 3.8) is 0 Å². The number of anilines is 1. The molecular weight excluding hydrogens is 585 g/mol. The van der Waals surface area contributed by atoms with Gasteiger partial charge >= 0.3 is 12.1 Å². The Bertz CT molecular complexity index is 1550. The van der Waals surface area contributed by atoms with Gasteiger partial charge in [0.25, 0.3) is 5.91 Å². The van der Waals surface area contributed by atoms with E-state index in [4.69, 9.17) is 4.74 Å². The minimum absolute atomic E-state index is 0.0414. The van der Waals surface area contributed by atoms with Crippen LogP contribution in [0.15, 0.2) is 41.0 Å². The highest BCUT2D eigenvalue weighted by Crippen LogP contribution is 2.40. The number of nitrogens with one attached hydrogen (secondary N) is 1. The Labute approximate surface area is 228 Å². The second kappa shape index (κ2) is 10.1. The second-order valence-electron chi connectivity index (χ2n) is 9.06. The van der Waals surface area contributed by atoms with E-state index in [1.807, 2.05) is 0 Å². The van der Waals surface area contributed by atoms with Crippen molar-refractivity contribution in [3.8, 4) is 11.3 Å². The number of rotatable bonds is 5. The number of benzene rings is 1. The van der Waals surface area contributed by atoms with Gasteiger partial charge in [0.05, 0.1) is 24.1 Å². The summed E-state index contributed by atoms with van der Waals surface area (Å²) >= 11 is 4.61. The third-order valence-electron chi connectivity index (χ3n) is 6.37. The lowest BCUT2D eigenvalue weighted by Gasteiger charge is -2.18. The predicted molar refractivity (Wildman–Crippen MR) is 141 cm³/mol. The number of alkyl halides is 3. The summed E-state index contributed by atoms with van der Waals surface area (Å²) in [6.45, 7) is 3.99. The van der Waals surface area contributed by atoms with E-state index in [1.165, 1.54) is 11.3 Å². The Morgan fingerprint density at radius 2 is 2.00 bits per heavy atom. The quantitative estimate of drug-likeness (QED) is 0.253. The van der Waals surface area contributed by atoms with Gasteiger partial charge in [-0.05, 0) is 55.9 Å². The fourth-order valence-electron chi connectivity index (χ4n) is 4.52. The first kappa shape index (κ1) is 26.4. The number of carbonyl (C=O) groups is 2. The molecular formula is C26H22BrF3N4O3S. The number of hydrogen-bond donors (Lipinski definition) is 1. The average Bonchev–Trinajstić information content (AvgIpc) is 3.44. The Morgan fingerprint density at radius 1 is 1.26 bits per heavy atom. The number of hydrogen-bond acceptors (Lipinski definition) is 6. The maximum absolute atomic E-state index is 14.0. The molecule has 1 N–H and O–H groups in total. The second-order valence-corrected chi connectivity index (χ2v) is 11.1. The first-order valence-corrected chi connectivity index (χ1v) is 13.5. The molecule has 0 saturated carbocycles. The summed E-state index contributed by atoms with van der Waals surface area (Å²) in [7, 11) is 0. The van der Waals surface area contributed by atoms with Gasteiger partial charge in [0.1, 0.15) is 10.6 Å². The van der Waals surface area contributed by atoms with Crippen LogP contribution in [-0.2, 0) is 23.8 Å². The largest absolute Gasteiger partial charge is 0.462 e. The molecule has 198 valence electrons. The molecule has 3 heterocycles. The first-order chi connectivity index (χ1) is 18.1. The molecule has 5 rings (SSSR count). The van der Waals surface area contributed by atoms with Gasteiger partial charge in [-0.1, -0.05) is 35.0 Å². The third kappa shape index (κ3) is 4.94. The number of thiophene rings is 1. The zero-order valence-electron chi connectivity index (χ0n) is 20.4. The van der Waals surface area contributed by atoms with Gasteiger partial charge in [0.15, 0.2) is 11.3 Å². The monoisotopic (exact) mass is 606 g/mol. The summed E-state index contributed by atoms with van der Waals surface area (Å²) in [5.74, 6) is -0.822. The van der Waals surface area contributed by atoms with E-state index in [2.05, 4.69) is 38.3 Å². The number of carbonyl (C=O) groups excluding carboxylic acids is 2. The molecule has 1 aromatic carbocycles. The van der Waals surface area contributed by atoms with Crippen molar-refractivity contribution in [1.29, 1.82) is 0 Å². The summed E-state index contributed by atoms with van der Waals surface area (Å²) in [4.78, 5) is 31.6. The van der Waals surface area contributed by atoms with Crippen LogP contribution < -0.4 is 5.32 Å². The lowest BCUT2D eigenvalue weighted by molar-refractivity contribution is -0.142. The highest BCUT2D eigenvalue weighted by atomic mass is 79.9. The highest BCUT2D eigenvalue weighted by molar-refractivity contribution is 9.10. The van der Waals surface area contributed by atoms with Crippen molar-refractivity contribution in [3.05, 3.63) is 68.3 Å². The Balaban J connectivity index is 1.59. The molecule has 1 atom stereocenters. The standard InChI is InChI=1S/C26H22BrF3N4O3S/c1-3-37-25(36)21-16-9-4-13(2)10-19(16)38-24(21)33-23(35)17-12-31-34-20(26(28,29)30)11-18(32-22(17)34)14-5-7-15(27)8-6-14/h5-8,11-13H,3-4,9-10H2,1-2H3,(H,33,35). The summed E-state index contributed by atoms with van der Waals surface area (Å²) in [5.41, 5.74) is 0.192. The number of ether oxygens (including phenoxy) is 1. The minimum atomic E-state index is -4.74. The molecule has 1 aliphatic rings. The van der Waals surface area contributed by atoms with Crippen LogP contribution in [0.2, 0.25) is 0 Å². The van der Waals surface area contributed by atoms with Crippen LogP contribution in [0.25, 0.3) is 16.9 Å². The van der Waals surface area contributed by atoms with Gasteiger partial charge in [-0.25, -0.2) is 14.3 Å². The van der Waals surface area contributed by atoms with E-state index < -0.39 is 23.7 Å². The summed E-state index contributed by atoms with van der Waals surface area (Å²) < 4.78 is 48.5. The van der Waals surface area contributed by atoms with E-state index in [1.54, 1.807) is 31.2 Å². The van der Waals surface area contributed by atoms with Gasteiger partial charge in [-0.15, -0.1) is 11.3 Å². The fraction of sp³-hybridized carbons (Fsp3) is 0.308. The highest BCUT2D eigenvalue weighted by Gasteiger charge is 2.36. The molecule has 0 saturated heterocycles. The number of aromatic nitrogens is 3. The average molecular weight is 607 g/mol. The van der Waals surface area contributed by atoms with Crippen molar-refractivity contribution in [2.75, 3.05) is 11.9 Å². The molecule has 0 fully saturated rings. The van der Waals surface area contributed by atoms with Gasteiger partial charge in [0.2, 0.25) is 0 Å². The lowest BCUT2D eigenvalue weighted by atomic mass is 9.88. The maximum atomic E-state index is 14.0. The maximum Gasteiger partial charge on any atom is 0.433 e. The summed E-state index contributed by atoms with van der Waals surface area (Å²) in [5, 5.41) is 6.89. The van der Waals surface area contributed by atoms with Crippen LogP contribution >= 0.6 is 27.3 Å². The SMILES string of the molecule is CCOC(=O)c1c(NC(=O)c2cnn3c(C(F)(F)F)cc(-c4ccc(Br)cc4)nc23)sc2c1CCC(C)C2. The number of fused-ring (bicyclic) bond motifs is 2. The van der Waals surface area contributed by atoms with Crippen LogP contribution in [-0.4, -0.2) is 33.1 Å². The molecule has 1 amide bonds. The molecule has 38 heavy (non-hydrogen) atoms. The molecule has 0 spiro atoms. The van der Waals surface area contributed by atoms with Crippen molar-refractivity contribution < 1.29 is 27.5 Å². The zero-order valence-corrected chi connectivity index (χ0v) is 22.8. The molecule has 1 unspecified atom stereocenters. The van der Waals surface area contributed by atoms with Gasteiger partial charge in [-0.2, -0.15) is 18.3 Å². The van der Waals surface area contributed by atoms with Crippen LogP contribution in [0, 0.1) is 5.92 Å². The van der Waals surface area contributed by atoms with Gasteiger partial charge in [-0.3, -0.25) is 4.79 Å². The number of nitrogens with zero attached hydrogens (tertiary/aromatic N) is 3. The molecule has 4 aromatic rings.